The monoisotopic (exact) mass is 340 g/mol. The third-order valence-corrected chi connectivity index (χ3v) is 4.53. The summed E-state index contributed by atoms with van der Waals surface area (Å²) in [4.78, 5) is 12.5. The number of carbonyl (C=O) groups excluding carboxylic acids is 1. The molecule has 3 nitrogen and oxygen atoms in total. The molecule has 1 aromatic heterocycles. The Morgan fingerprint density at radius 2 is 2.30 bits per heavy atom. The van der Waals surface area contributed by atoms with Crippen molar-refractivity contribution in [1.29, 1.82) is 0 Å². The highest BCUT2D eigenvalue weighted by atomic mass is 79.9. The Kier molecular flexibility index (Phi) is 4.95. The lowest BCUT2D eigenvalue weighted by Crippen LogP contribution is -2.41. The van der Waals surface area contributed by atoms with Crippen molar-refractivity contribution in [2.75, 3.05) is 0 Å². The zero-order valence-corrected chi connectivity index (χ0v) is 14.3. The summed E-state index contributed by atoms with van der Waals surface area (Å²) in [5.74, 6) is 0.0619. The molecule has 0 aromatic carbocycles. The zero-order valence-electron chi connectivity index (χ0n) is 12.7. The largest absolute Gasteiger partial charge is 0.348 e. The molecule has 2 rings (SSSR count). The minimum Gasteiger partial charge on any atom is -0.348 e. The first kappa shape index (κ1) is 15.6. The van der Waals surface area contributed by atoms with Crippen molar-refractivity contribution in [3.8, 4) is 0 Å². The minimum absolute atomic E-state index is 0.0619. The second-order valence-corrected chi connectivity index (χ2v) is 7.58. The second kappa shape index (κ2) is 6.33. The fourth-order valence-electron chi connectivity index (χ4n) is 3.17. The van der Waals surface area contributed by atoms with Gasteiger partial charge in [-0.1, -0.05) is 27.2 Å². The molecule has 0 saturated heterocycles. The van der Waals surface area contributed by atoms with E-state index in [1.54, 1.807) is 0 Å². The van der Waals surface area contributed by atoms with Crippen LogP contribution in [0, 0.1) is 5.41 Å². The van der Waals surface area contributed by atoms with Crippen molar-refractivity contribution in [3.05, 3.63) is 22.4 Å². The molecule has 1 saturated carbocycles. The number of hydrogen-bond acceptors (Lipinski definition) is 1. The number of nitrogens with one attached hydrogen (secondary N) is 1. The summed E-state index contributed by atoms with van der Waals surface area (Å²) in [5, 5.41) is 3.22. The van der Waals surface area contributed by atoms with Crippen LogP contribution in [0.25, 0.3) is 0 Å². The third kappa shape index (κ3) is 3.87. The Hall–Kier alpha value is -0.770. The topological polar surface area (TPSA) is 34.0 Å². The lowest BCUT2D eigenvalue weighted by atomic mass is 9.75. The highest BCUT2D eigenvalue weighted by Gasteiger charge is 2.29. The van der Waals surface area contributed by atoms with E-state index in [1.165, 1.54) is 12.8 Å². The molecule has 1 aliphatic rings. The van der Waals surface area contributed by atoms with Gasteiger partial charge in [-0.25, -0.2) is 0 Å². The van der Waals surface area contributed by atoms with Crippen LogP contribution in [0.2, 0.25) is 0 Å². The predicted molar refractivity (Wildman–Crippen MR) is 85.9 cm³/mol. The Bertz CT molecular complexity index is 479. The van der Waals surface area contributed by atoms with Crippen LogP contribution in [-0.2, 0) is 6.54 Å². The first-order valence-electron chi connectivity index (χ1n) is 7.58. The summed E-state index contributed by atoms with van der Waals surface area (Å²) in [6.45, 7) is 7.59. The van der Waals surface area contributed by atoms with Gasteiger partial charge >= 0.3 is 0 Å². The van der Waals surface area contributed by atoms with Gasteiger partial charge in [0.05, 0.1) is 0 Å². The summed E-state index contributed by atoms with van der Waals surface area (Å²) < 4.78 is 3.01. The first-order chi connectivity index (χ1) is 9.41. The van der Waals surface area contributed by atoms with Gasteiger partial charge in [0.1, 0.15) is 5.69 Å². The average molecular weight is 341 g/mol. The van der Waals surface area contributed by atoms with Gasteiger partial charge < -0.3 is 9.88 Å². The van der Waals surface area contributed by atoms with Crippen LogP contribution in [0.5, 0.6) is 0 Å². The van der Waals surface area contributed by atoms with E-state index < -0.39 is 0 Å². The van der Waals surface area contributed by atoms with E-state index in [0.29, 0.717) is 11.5 Å². The van der Waals surface area contributed by atoms with E-state index in [0.717, 1.165) is 36.0 Å². The van der Waals surface area contributed by atoms with E-state index >= 15 is 0 Å². The highest BCUT2D eigenvalue weighted by Crippen LogP contribution is 2.35. The molecule has 1 heterocycles. The average Bonchev–Trinajstić information content (AvgIpc) is 2.69. The SMILES string of the molecule is CCCn1cc(Br)cc1C(=O)NC1CCCC(C)(C)C1. The van der Waals surface area contributed by atoms with Crippen LogP contribution in [0.4, 0.5) is 0 Å². The van der Waals surface area contributed by atoms with Crippen molar-refractivity contribution < 1.29 is 4.79 Å². The van der Waals surface area contributed by atoms with Gasteiger partial charge in [-0.05, 0) is 53.1 Å². The molecule has 1 N–H and O–H groups in total. The molecule has 0 bridgehead atoms. The number of aryl methyl sites for hydroxylation is 1. The van der Waals surface area contributed by atoms with Gasteiger partial charge in [0, 0.05) is 23.3 Å². The Morgan fingerprint density at radius 1 is 1.55 bits per heavy atom. The van der Waals surface area contributed by atoms with E-state index in [1.807, 2.05) is 16.8 Å². The van der Waals surface area contributed by atoms with Gasteiger partial charge in [-0.15, -0.1) is 0 Å². The molecule has 0 aliphatic heterocycles. The standard InChI is InChI=1S/C16H25BrN2O/c1-4-8-19-11-12(17)9-14(19)15(20)18-13-6-5-7-16(2,3)10-13/h9,11,13H,4-8,10H2,1-3H3,(H,18,20). The van der Waals surface area contributed by atoms with Crippen LogP contribution in [0.1, 0.15) is 63.4 Å². The quantitative estimate of drug-likeness (QED) is 0.867. The summed E-state index contributed by atoms with van der Waals surface area (Å²) in [7, 11) is 0. The van der Waals surface area contributed by atoms with Crippen LogP contribution < -0.4 is 5.32 Å². The van der Waals surface area contributed by atoms with Gasteiger partial charge in [0.2, 0.25) is 0 Å². The molecule has 1 atom stereocenters. The van der Waals surface area contributed by atoms with Crippen molar-refractivity contribution in [2.45, 2.75) is 65.5 Å². The van der Waals surface area contributed by atoms with Crippen LogP contribution >= 0.6 is 15.9 Å². The van der Waals surface area contributed by atoms with Gasteiger partial charge in [0.15, 0.2) is 0 Å². The fourth-order valence-corrected chi connectivity index (χ4v) is 3.64. The van der Waals surface area contributed by atoms with Crippen LogP contribution in [0.15, 0.2) is 16.7 Å². The molecule has 1 amide bonds. The maximum absolute atomic E-state index is 12.5. The van der Waals surface area contributed by atoms with Crippen molar-refractivity contribution in [1.82, 2.24) is 9.88 Å². The summed E-state index contributed by atoms with van der Waals surface area (Å²) in [5.41, 5.74) is 1.12. The molecule has 0 spiro atoms. The lowest BCUT2D eigenvalue weighted by molar-refractivity contribution is 0.0893. The van der Waals surface area contributed by atoms with Crippen LogP contribution in [0.3, 0.4) is 0 Å². The number of nitrogens with zero attached hydrogens (tertiary/aromatic N) is 1. The molecule has 1 aliphatic carbocycles. The zero-order chi connectivity index (χ0) is 14.8. The normalized spacial score (nSPS) is 21.7. The molecule has 4 heteroatoms. The molecule has 1 aromatic rings. The van der Waals surface area contributed by atoms with Gasteiger partial charge in [0.25, 0.3) is 5.91 Å². The summed E-state index contributed by atoms with van der Waals surface area (Å²) in [6.07, 6.45) is 7.66. The van der Waals surface area contributed by atoms with Crippen molar-refractivity contribution in [3.63, 3.8) is 0 Å². The summed E-state index contributed by atoms with van der Waals surface area (Å²) >= 11 is 3.46. The molecular weight excluding hydrogens is 316 g/mol. The molecule has 1 unspecified atom stereocenters. The molecule has 112 valence electrons. The number of halogens is 1. The van der Waals surface area contributed by atoms with Crippen LogP contribution in [-0.4, -0.2) is 16.5 Å². The van der Waals surface area contributed by atoms with E-state index in [4.69, 9.17) is 0 Å². The lowest BCUT2D eigenvalue weighted by Gasteiger charge is -2.35. The maximum atomic E-state index is 12.5. The highest BCUT2D eigenvalue weighted by molar-refractivity contribution is 9.10. The van der Waals surface area contributed by atoms with E-state index in [9.17, 15) is 4.79 Å². The number of aromatic nitrogens is 1. The Labute approximate surface area is 130 Å². The summed E-state index contributed by atoms with van der Waals surface area (Å²) in [6, 6.07) is 2.23. The van der Waals surface area contributed by atoms with Gasteiger partial charge in [-0.2, -0.15) is 0 Å². The Balaban J connectivity index is 2.04. The van der Waals surface area contributed by atoms with E-state index in [2.05, 4.69) is 42.0 Å². The third-order valence-electron chi connectivity index (χ3n) is 4.10. The second-order valence-electron chi connectivity index (χ2n) is 6.67. The van der Waals surface area contributed by atoms with Crippen molar-refractivity contribution >= 4 is 21.8 Å². The number of amides is 1. The van der Waals surface area contributed by atoms with Gasteiger partial charge in [-0.3, -0.25) is 4.79 Å². The molecule has 1 fully saturated rings. The smallest absolute Gasteiger partial charge is 0.268 e. The minimum atomic E-state index is 0.0619. The first-order valence-corrected chi connectivity index (χ1v) is 8.37. The molecule has 20 heavy (non-hydrogen) atoms. The maximum Gasteiger partial charge on any atom is 0.268 e. The van der Waals surface area contributed by atoms with E-state index in [-0.39, 0.29) is 5.91 Å². The Morgan fingerprint density at radius 3 is 2.95 bits per heavy atom. The fraction of sp³-hybridized carbons (Fsp3) is 0.688. The van der Waals surface area contributed by atoms with Crippen molar-refractivity contribution in [2.24, 2.45) is 5.41 Å². The number of carbonyl (C=O) groups is 1. The molecular formula is C16H25BrN2O. The number of rotatable bonds is 4. The predicted octanol–water partition coefficient (Wildman–Crippen LogP) is 4.36. The number of hydrogen-bond donors (Lipinski definition) is 1. The molecule has 0 radical (unpaired) electrons.